The van der Waals surface area contributed by atoms with Crippen molar-refractivity contribution in [1.82, 2.24) is 0 Å². The first-order valence-electron chi connectivity index (χ1n) is 4.39. The van der Waals surface area contributed by atoms with Gasteiger partial charge in [0.1, 0.15) is 0 Å². The minimum atomic E-state index is -0.696. The van der Waals surface area contributed by atoms with Crippen molar-refractivity contribution in [2.75, 3.05) is 5.75 Å². The Kier molecular flexibility index (Phi) is 6.68. The highest BCUT2D eigenvalue weighted by atomic mass is 32.2. The van der Waals surface area contributed by atoms with Crippen molar-refractivity contribution in [3.05, 3.63) is 0 Å². The second kappa shape index (κ2) is 6.95. The van der Waals surface area contributed by atoms with Gasteiger partial charge in [-0.05, 0) is 12.3 Å². The zero-order valence-corrected chi connectivity index (χ0v) is 8.89. The van der Waals surface area contributed by atoms with Crippen LogP contribution in [-0.4, -0.2) is 21.9 Å². The number of hydrogen-bond donors (Lipinski definition) is 1. The van der Waals surface area contributed by atoms with Crippen molar-refractivity contribution in [1.29, 1.82) is 0 Å². The quantitative estimate of drug-likeness (QED) is 0.765. The van der Waals surface area contributed by atoms with E-state index in [0.717, 1.165) is 18.6 Å². The molecule has 0 aromatic rings. The molecule has 0 atom stereocenters. The Hall–Kier alpha value is -0.510. The molecule has 1 saturated heterocycles. The molecule has 0 unspecified atom stereocenters. The van der Waals surface area contributed by atoms with E-state index in [1.54, 1.807) is 0 Å². The van der Waals surface area contributed by atoms with Crippen LogP contribution in [0.2, 0.25) is 0 Å². The first-order valence-corrected chi connectivity index (χ1v) is 5.38. The maximum absolute atomic E-state index is 9.90. The first-order chi connectivity index (χ1) is 6.02. The van der Waals surface area contributed by atoms with E-state index in [9.17, 15) is 9.59 Å². The van der Waals surface area contributed by atoms with Gasteiger partial charge in [0.2, 0.25) is 0 Å². The molecule has 0 amide bonds. The van der Waals surface area contributed by atoms with Crippen LogP contribution in [0.1, 0.15) is 33.1 Å². The largest absolute Gasteiger partial charge is 0.481 e. The lowest BCUT2D eigenvalue weighted by Crippen LogP contribution is -2.04. The molecule has 0 bridgehead atoms. The Bertz CT molecular complexity index is 172. The van der Waals surface area contributed by atoms with Crippen LogP contribution < -0.4 is 0 Å². The first kappa shape index (κ1) is 12.5. The van der Waals surface area contributed by atoms with Crippen LogP contribution in [0.3, 0.4) is 0 Å². The Morgan fingerprint density at radius 3 is 2.15 bits per heavy atom. The van der Waals surface area contributed by atoms with Crippen LogP contribution in [-0.2, 0) is 9.59 Å². The monoisotopic (exact) mass is 204 g/mol. The predicted molar refractivity (Wildman–Crippen MR) is 53.8 cm³/mol. The Morgan fingerprint density at radius 1 is 1.62 bits per heavy atom. The third-order valence-electron chi connectivity index (χ3n) is 1.50. The molecule has 0 radical (unpaired) electrons. The third-order valence-corrected chi connectivity index (χ3v) is 2.44. The summed E-state index contributed by atoms with van der Waals surface area (Å²) in [5, 5.41) is 8.51. The van der Waals surface area contributed by atoms with Crippen LogP contribution in [0, 0.1) is 5.92 Å². The molecule has 13 heavy (non-hydrogen) atoms. The maximum atomic E-state index is 9.90. The van der Waals surface area contributed by atoms with E-state index in [4.69, 9.17) is 5.11 Å². The molecule has 0 aliphatic carbocycles. The average Bonchev–Trinajstić information content (AvgIpc) is 1.98. The fourth-order valence-electron chi connectivity index (χ4n) is 0.598. The highest BCUT2D eigenvalue weighted by Gasteiger charge is 2.10. The highest BCUT2D eigenvalue weighted by molar-refractivity contribution is 8.15. The van der Waals surface area contributed by atoms with Gasteiger partial charge < -0.3 is 5.11 Å². The molecule has 4 heteroatoms. The summed E-state index contributed by atoms with van der Waals surface area (Å²) in [6, 6.07) is 0. The van der Waals surface area contributed by atoms with Gasteiger partial charge in [0.25, 0.3) is 0 Å². The van der Waals surface area contributed by atoms with Crippen molar-refractivity contribution >= 4 is 22.8 Å². The van der Waals surface area contributed by atoms with Crippen LogP contribution in [0.5, 0.6) is 0 Å². The van der Waals surface area contributed by atoms with Crippen LogP contribution in [0.15, 0.2) is 0 Å². The number of rotatable bonds is 3. The van der Waals surface area contributed by atoms with E-state index in [1.807, 2.05) is 13.8 Å². The molecule has 1 N–H and O–H groups in total. The average molecular weight is 204 g/mol. The van der Waals surface area contributed by atoms with Gasteiger partial charge in [-0.2, -0.15) is 0 Å². The van der Waals surface area contributed by atoms with E-state index >= 15 is 0 Å². The zero-order valence-electron chi connectivity index (χ0n) is 8.08. The van der Waals surface area contributed by atoms with Gasteiger partial charge >= 0.3 is 5.97 Å². The molecule has 0 spiro atoms. The van der Waals surface area contributed by atoms with Crippen LogP contribution in [0.4, 0.5) is 0 Å². The predicted octanol–water partition coefficient (Wildman–Crippen LogP) is 2.16. The summed E-state index contributed by atoms with van der Waals surface area (Å²) < 4.78 is 0. The second-order valence-corrected chi connectivity index (χ2v) is 4.45. The molecule has 0 aromatic heterocycles. The van der Waals surface area contributed by atoms with Crippen molar-refractivity contribution in [2.45, 2.75) is 33.1 Å². The third kappa shape index (κ3) is 9.40. The molecule has 1 fully saturated rings. The molecular formula is C9H16O3S. The van der Waals surface area contributed by atoms with Crippen LogP contribution >= 0.6 is 11.8 Å². The summed E-state index contributed by atoms with van der Waals surface area (Å²) in [6.45, 7) is 4.03. The zero-order chi connectivity index (χ0) is 10.3. The summed E-state index contributed by atoms with van der Waals surface area (Å²) >= 11 is 1.42. The SMILES string of the molecule is CC(C)CCC(=O)O.O=C1CCS1. The van der Waals surface area contributed by atoms with Gasteiger partial charge in [-0.3, -0.25) is 9.59 Å². The Labute approximate surface area is 82.9 Å². The minimum absolute atomic E-state index is 0.303. The summed E-state index contributed by atoms with van der Waals surface area (Å²) in [5.74, 6) is 0.864. The molecule has 0 aromatic carbocycles. The van der Waals surface area contributed by atoms with E-state index in [0.29, 0.717) is 17.5 Å². The maximum Gasteiger partial charge on any atom is 0.303 e. The summed E-state index contributed by atoms with van der Waals surface area (Å²) in [4.78, 5) is 19.8. The molecule has 1 rings (SSSR count). The van der Waals surface area contributed by atoms with Gasteiger partial charge in [0.15, 0.2) is 5.12 Å². The number of carboxylic acid groups (broad SMARTS) is 1. The van der Waals surface area contributed by atoms with Crippen molar-refractivity contribution in [2.24, 2.45) is 5.92 Å². The van der Waals surface area contributed by atoms with E-state index in [-0.39, 0.29) is 0 Å². The molecule has 1 aliphatic heterocycles. The number of carbonyl (C=O) groups is 2. The number of hydrogen-bond acceptors (Lipinski definition) is 3. The molecule has 0 saturated carbocycles. The lowest BCUT2D eigenvalue weighted by molar-refractivity contribution is -0.137. The van der Waals surface area contributed by atoms with Crippen LogP contribution in [0.25, 0.3) is 0 Å². The van der Waals surface area contributed by atoms with Gasteiger partial charge in [-0.25, -0.2) is 0 Å². The lowest BCUT2D eigenvalue weighted by atomic mass is 10.1. The minimum Gasteiger partial charge on any atom is -0.481 e. The topological polar surface area (TPSA) is 54.4 Å². The van der Waals surface area contributed by atoms with Crippen molar-refractivity contribution in [3.63, 3.8) is 0 Å². The molecule has 1 aliphatic rings. The second-order valence-electron chi connectivity index (χ2n) is 3.30. The number of carbonyl (C=O) groups excluding carboxylic acids is 1. The molecule has 76 valence electrons. The number of carboxylic acids is 1. The molecular weight excluding hydrogens is 188 g/mol. The Morgan fingerprint density at radius 2 is 2.08 bits per heavy atom. The van der Waals surface area contributed by atoms with E-state index < -0.39 is 5.97 Å². The summed E-state index contributed by atoms with van der Waals surface area (Å²) in [7, 11) is 0. The molecule has 1 heterocycles. The van der Waals surface area contributed by atoms with Crippen molar-refractivity contribution in [3.8, 4) is 0 Å². The lowest BCUT2D eigenvalue weighted by Gasteiger charge is -2.04. The van der Waals surface area contributed by atoms with E-state index in [2.05, 4.69) is 0 Å². The van der Waals surface area contributed by atoms with Gasteiger partial charge in [0.05, 0.1) is 0 Å². The number of thioether (sulfide) groups is 1. The van der Waals surface area contributed by atoms with Gasteiger partial charge in [0, 0.05) is 18.6 Å². The Balaban J connectivity index is 0.000000243. The normalized spacial score (nSPS) is 14.5. The fraction of sp³-hybridized carbons (Fsp3) is 0.778. The summed E-state index contributed by atoms with van der Waals surface area (Å²) in [6.07, 6.45) is 1.90. The van der Waals surface area contributed by atoms with E-state index in [1.165, 1.54) is 11.8 Å². The molecule has 3 nitrogen and oxygen atoms in total. The number of aliphatic carboxylic acids is 1. The smallest absolute Gasteiger partial charge is 0.303 e. The summed E-state index contributed by atoms with van der Waals surface area (Å²) in [5.41, 5.74) is 0. The highest BCUT2D eigenvalue weighted by Crippen LogP contribution is 2.17. The fourth-order valence-corrected chi connectivity index (χ4v) is 0.968. The standard InChI is InChI=1S/C6H12O2.C3H4OS/c1-5(2)3-4-6(7)8;4-3-1-2-5-3/h5H,3-4H2,1-2H3,(H,7,8);1-2H2. The van der Waals surface area contributed by atoms with Gasteiger partial charge in [-0.1, -0.05) is 25.6 Å². The van der Waals surface area contributed by atoms with Crippen molar-refractivity contribution < 1.29 is 14.7 Å². The van der Waals surface area contributed by atoms with Gasteiger partial charge in [-0.15, -0.1) is 0 Å².